The van der Waals surface area contributed by atoms with Crippen LogP contribution in [0.2, 0.25) is 0 Å². The number of aromatic nitrogens is 1. The maximum absolute atomic E-state index is 4.81. The predicted molar refractivity (Wildman–Crippen MR) is 236 cm³/mol. The van der Waals surface area contributed by atoms with E-state index in [1.54, 1.807) is 12.4 Å². The van der Waals surface area contributed by atoms with Crippen molar-refractivity contribution in [1.29, 1.82) is 0 Å². The summed E-state index contributed by atoms with van der Waals surface area (Å²) in [6.45, 7) is 22.2. The first-order valence-corrected chi connectivity index (χ1v) is 27.2. The third-order valence-corrected chi connectivity index (χ3v) is 13.5. The summed E-state index contributed by atoms with van der Waals surface area (Å²) in [5, 5.41) is 0. The maximum atomic E-state index is 4.81. The van der Waals surface area contributed by atoms with Crippen LogP contribution in [0.3, 0.4) is 0 Å². The van der Waals surface area contributed by atoms with E-state index in [1.165, 1.54) is 141 Å². The molecule has 0 amide bonds. The molecule has 2 fully saturated rings. The fraction of sp³-hybridized carbons (Fsp3) is 0.833. The number of hydrogen-bond donors (Lipinski definition) is 0. The van der Waals surface area contributed by atoms with Crippen LogP contribution in [0.1, 0.15) is 197 Å². The zero-order valence-electron chi connectivity index (χ0n) is 36.4. The van der Waals surface area contributed by atoms with E-state index in [9.17, 15) is 0 Å². The molecule has 4 rings (SSSR count). The van der Waals surface area contributed by atoms with E-state index in [4.69, 9.17) is 19.1 Å². The average Bonchev–Trinajstić information content (AvgIpc) is 3.68. The van der Waals surface area contributed by atoms with Gasteiger partial charge < -0.3 is 9.80 Å². The van der Waals surface area contributed by atoms with Crippen molar-refractivity contribution in [2.45, 2.75) is 209 Å². The smallest absolute Gasteiger partial charge is 0.0267 e. The summed E-state index contributed by atoms with van der Waals surface area (Å²) < 4.78 is 0. The van der Waals surface area contributed by atoms with Crippen LogP contribution in [0, 0.1) is 54.0 Å². The van der Waals surface area contributed by atoms with Gasteiger partial charge in [-0.2, -0.15) is 6.67 Å². The van der Waals surface area contributed by atoms with Crippen molar-refractivity contribution < 1.29 is 15.9 Å². The van der Waals surface area contributed by atoms with Gasteiger partial charge in [-0.3, -0.25) is 4.98 Å². The molecule has 2 saturated carbocycles. The second-order valence-corrected chi connectivity index (χ2v) is 19.6. The van der Waals surface area contributed by atoms with E-state index in [0.717, 1.165) is 47.3 Å². The molecule has 6 heteroatoms. The topological polar surface area (TPSA) is 19.4 Å². The van der Waals surface area contributed by atoms with Gasteiger partial charge >= 0.3 is 35.0 Å². The molecule has 4 unspecified atom stereocenters. The van der Waals surface area contributed by atoms with Crippen LogP contribution in [-0.2, 0) is 15.9 Å². The summed E-state index contributed by atoms with van der Waals surface area (Å²) in [5.74, 6) is 6.94. The Morgan fingerprint density at radius 2 is 0.759 bits per heavy atom. The summed E-state index contributed by atoms with van der Waals surface area (Å²) in [7, 11) is 9.63. The second kappa shape index (κ2) is 30.8. The fourth-order valence-corrected chi connectivity index (χ4v) is 11.7. The molecule has 0 spiro atoms. The number of halogens is 2. The molecule has 0 bridgehead atoms. The van der Waals surface area contributed by atoms with E-state index < -0.39 is 0 Å². The van der Waals surface area contributed by atoms with Crippen LogP contribution in [0.5, 0.6) is 0 Å². The first-order chi connectivity index (χ1) is 26.4. The molecular formula is C48H86Cl2N3Pd-. The van der Waals surface area contributed by atoms with Crippen LogP contribution >= 0.6 is 19.1 Å². The molecule has 0 aromatic carbocycles. The molecule has 0 saturated heterocycles. The van der Waals surface area contributed by atoms with E-state index in [1.807, 2.05) is 18.2 Å². The number of rotatable bonds is 22. The van der Waals surface area contributed by atoms with Gasteiger partial charge in [0.1, 0.15) is 0 Å². The normalized spacial score (nSPS) is 24.3. The van der Waals surface area contributed by atoms with Gasteiger partial charge in [0.25, 0.3) is 0 Å². The Hall–Kier alpha value is -0.268. The molecule has 1 aromatic heterocycles. The van der Waals surface area contributed by atoms with Crippen LogP contribution in [0.15, 0.2) is 43.0 Å². The molecule has 1 aromatic rings. The monoisotopic (exact) mass is 881 g/mol. The third-order valence-electron chi connectivity index (χ3n) is 13.5. The zero-order chi connectivity index (χ0) is 39.6. The van der Waals surface area contributed by atoms with E-state index in [0.29, 0.717) is 12.1 Å². The van der Waals surface area contributed by atoms with Crippen LogP contribution in [-0.4, -0.2) is 26.9 Å². The Kier molecular flexibility index (Phi) is 28.4. The Balaban J connectivity index is 0.000000988. The summed E-state index contributed by atoms with van der Waals surface area (Å²) in [4.78, 5) is 9.50. The molecule has 2 heterocycles. The van der Waals surface area contributed by atoms with Crippen molar-refractivity contribution >= 4 is 19.1 Å². The standard InChI is InChI=1S/C43H81N2.C5H5N.2ClH.Pd/c1-9-19-34(20-10-2)38-27-17-28-39(35(21-11-3)22-12-4)42(38)44-31-32-45(33-44)43-40(36(23-13-5)24-14-6)29-18-30-41(43)37(25-15-7)26-16-8;1-2-4-6-5-3-1;;;/h31-43H,9-30H2,1-8H3;1-5H;2*1H;/q-1;;;;+2/p-2. The second-order valence-electron chi connectivity index (χ2n) is 17.2. The first kappa shape index (κ1) is 49.9. The summed E-state index contributed by atoms with van der Waals surface area (Å²) in [5.41, 5.74) is 0. The number of hydrogen-bond acceptors (Lipinski definition) is 3. The van der Waals surface area contributed by atoms with Crippen LogP contribution in [0.25, 0.3) is 0 Å². The van der Waals surface area contributed by atoms with Crippen molar-refractivity contribution in [3.8, 4) is 0 Å². The first-order valence-electron chi connectivity index (χ1n) is 23.2. The predicted octanol–water partition coefficient (Wildman–Crippen LogP) is 16.1. The van der Waals surface area contributed by atoms with Crippen molar-refractivity contribution in [3.63, 3.8) is 0 Å². The van der Waals surface area contributed by atoms with Crippen LogP contribution < -0.4 is 0 Å². The molecule has 0 N–H and O–H groups in total. The van der Waals surface area contributed by atoms with E-state index in [2.05, 4.69) is 89.2 Å². The van der Waals surface area contributed by atoms with Crippen molar-refractivity contribution in [1.82, 2.24) is 14.8 Å². The largest absolute Gasteiger partial charge is 0.265 e. The molecule has 54 heavy (non-hydrogen) atoms. The SMILES string of the molecule is CCCC(CCC)C1CCCC(C(CCC)CCC)C1N1C=CN(C2C(C(CCC)CCC)CCCC2C(CCC)CCC)[CH-]1.[Cl][Pd][Cl].c1ccncc1. The van der Waals surface area contributed by atoms with E-state index >= 15 is 0 Å². The molecule has 1 aliphatic heterocycles. The summed E-state index contributed by atoms with van der Waals surface area (Å²) in [6, 6.07) is 7.10. The summed E-state index contributed by atoms with van der Waals surface area (Å²) >= 11 is -0.106. The molecule has 0 radical (unpaired) electrons. The van der Waals surface area contributed by atoms with Crippen LogP contribution in [0.4, 0.5) is 0 Å². The van der Waals surface area contributed by atoms with Gasteiger partial charge in [-0.25, -0.2) is 0 Å². The van der Waals surface area contributed by atoms with Gasteiger partial charge in [0.15, 0.2) is 0 Å². The molecule has 3 aliphatic rings. The minimum Gasteiger partial charge on any atom is -0.265 e. The van der Waals surface area contributed by atoms with Gasteiger partial charge in [0, 0.05) is 24.5 Å². The number of pyridine rings is 1. The minimum absolute atomic E-state index is 0.106. The van der Waals surface area contributed by atoms with Crippen molar-refractivity contribution in [2.75, 3.05) is 0 Å². The van der Waals surface area contributed by atoms with Crippen molar-refractivity contribution in [3.05, 3.63) is 49.7 Å². The van der Waals surface area contributed by atoms with Crippen molar-refractivity contribution in [2.24, 2.45) is 47.3 Å². The average molecular weight is 883 g/mol. The maximum Gasteiger partial charge on any atom is 0.0267 e. The third kappa shape index (κ3) is 16.2. The Bertz CT molecular complexity index is 868. The fourth-order valence-electron chi connectivity index (χ4n) is 11.7. The molecule has 318 valence electrons. The van der Waals surface area contributed by atoms with Gasteiger partial charge in [0.2, 0.25) is 0 Å². The molecule has 4 atom stereocenters. The van der Waals surface area contributed by atoms with Gasteiger partial charge in [-0.1, -0.05) is 177 Å². The van der Waals surface area contributed by atoms with E-state index in [-0.39, 0.29) is 15.9 Å². The van der Waals surface area contributed by atoms with Gasteiger partial charge in [-0.15, -0.1) is 0 Å². The molecule has 3 nitrogen and oxygen atoms in total. The van der Waals surface area contributed by atoms with Gasteiger partial charge in [-0.05, 0) is 97.6 Å². The minimum atomic E-state index is -0.106. The summed E-state index contributed by atoms with van der Waals surface area (Å²) in [6.07, 6.45) is 39.6. The molecular weight excluding hydrogens is 796 g/mol. The zero-order valence-corrected chi connectivity index (χ0v) is 39.4. The molecule has 2 aliphatic carbocycles. The number of nitrogens with zero attached hydrogens (tertiary/aromatic N) is 3. The Morgan fingerprint density at radius 1 is 0.500 bits per heavy atom. The van der Waals surface area contributed by atoms with Gasteiger partial charge in [0.05, 0.1) is 0 Å². The Labute approximate surface area is 353 Å². The quantitative estimate of drug-likeness (QED) is 0.0854. The Morgan fingerprint density at radius 3 is 0.944 bits per heavy atom.